The van der Waals surface area contributed by atoms with E-state index >= 15 is 0 Å². The molecule has 4 nitrogen and oxygen atoms in total. The average molecular weight is 156 g/mol. The summed E-state index contributed by atoms with van der Waals surface area (Å²) in [5.74, 6) is 0.204. The van der Waals surface area contributed by atoms with E-state index in [1.807, 2.05) is 0 Å². The molecule has 5 heteroatoms. The largest absolute Gasteiger partial charge is 0.236 e. The van der Waals surface area contributed by atoms with E-state index in [4.69, 9.17) is 0 Å². The van der Waals surface area contributed by atoms with Crippen LogP contribution in [0.2, 0.25) is 0 Å². The standard InChI is InChI=1S/C5H4N2O2S/c8-10(9)4-5-6-2-1-3-7-5/h1-4H. The van der Waals surface area contributed by atoms with Gasteiger partial charge in [-0.05, 0) is 6.07 Å². The van der Waals surface area contributed by atoms with Gasteiger partial charge in [-0.15, -0.1) is 0 Å². The van der Waals surface area contributed by atoms with Crippen molar-refractivity contribution in [2.24, 2.45) is 0 Å². The molecule has 0 aliphatic rings. The highest BCUT2D eigenvalue weighted by Gasteiger charge is 1.85. The van der Waals surface area contributed by atoms with Gasteiger partial charge >= 0.3 is 0 Å². The normalized spacial score (nSPS) is 8.80. The van der Waals surface area contributed by atoms with Gasteiger partial charge in [0.05, 0.1) is 0 Å². The Morgan fingerprint density at radius 3 is 2.40 bits per heavy atom. The molecular formula is C5H4N2O2S. The first-order chi connectivity index (χ1) is 4.79. The molecule has 0 aliphatic heterocycles. The molecule has 1 heterocycles. The number of hydrogen-bond acceptors (Lipinski definition) is 4. The lowest BCUT2D eigenvalue weighted by Crippen LogP contribution is -1.90. The van der Waals surface area contributed by atoms with Crippen LogP contribution < -0.4 is 0 Å². The highest BCUT2D eigenvalue weighted by atomic mass is 32.2. The summed E-state index contributed by atoms with van der Waals surface area (Å²) in [6, 6.07) is 1.62. The predicted molar refractivity (Wildman–Crippen MR) is 36.1 cm³/mol. The second-order valence-electron chi connectivity index (χ2n) is 1.49. The molecule has 0 bridgehead atoms. The lowest BCUT2D eigenvalue weighted by Gasteiger charge is -1.82. The first kappa shape index (κ1) is 6.88. The van der Waals surface area contributed by atoms with E-state index < -0.39 is 10.3 Å². The Balaban J connectivity index is 3.10. The van der Waals surface area contributed by atoms with E-state index in [0.717, 1.165) is 5.37 Å². The quantitative estimate of drug-likeness (QED) is 0.514. The molecule has 1 aromatic rings. The third-order valence-electron chi connectivity index (χ3n) is 0.787. The number of aromatic nitrogens is 2. The van der Waals surface area contributed by atoms with Gasteiger partial charge in [0.25, 0.3) is 0 Å². The smallest absolute Gasteiger partial charge is 0.217 e. The van der Waals surface area contributed by atoms with E-state index in [9.17, 15) is 8.42 Å². The molecule has 1 rings (SSSR count). The van der Waals surface area contributed by atoms with Crippen LogP contribution in [0.5, 0.6) is 0 Å². The van der Waals surface area contributed by atoms with Crippen LogP contribution in [0.25, 0.3) is 0 Å². The van der Waals surface area contributed by atoms with Crippen LogP contribution in [0.3, 0.4) is 0 Å². The van der Waals surface area contributed by atoms with E-state index in [1.54, 1.807) is 6.07 Å². The van der Waals surface area contributed by atoms with Crippen LogP contribution in [0.1, 0.15) is 5.82 Å². The zero-order chi connectivity index (χ0) is 7.40. The maximum absolute atomic E-state index is 10.0. The van der Waals surface area contributed by atoms with Gasteiger partial charge in [-0.2, -0.15) is 8.42 Å². The van der Waals surface area contributed by atoms with E-state index in [-0.39, 0.29) is 5.82 Å². The highest BCUT2D eigenvalue weighted by Crippen LogP contribution is 1.79. The zero-order valence-corrected chi connectivity index (χ0v) is 5.75. The predicted octanol–water partition coefficient (Wildman–Crippen LogP) is -0.494. The van der Waals surface area contributed by atoms with Gasteiger partial charge in [-0.3, -0.25) is 0 Å². The summed E-state index contributed by atoms with van der Waals surface area (Å²) in [7, 11) is -2.22. The Bertz CT molecular complexity index is 322. The van der Waals surface area contributed by atoms with Crippen LogP contribution in [0.15, 0.2) is 18.5 Å². The van der Waals surface area contributed by atoms with Gasteiger partial charge in [-0.25, -0.2) is 9.97 Å². The highest BCUT2D eigenvalue weighted by molar-refractivity contribution is 7.71. The van der Waals surface area contributed by atoms with Gasteiger partial charge in [0.15, 0.2) is 5.82 Å². The Morgan fingerprint density at radius 1 is 1.30 bits per heavy atom. The van der Waals surface area contributed by atoms with E-state index in [1.165, 1.54) is 12.4 Å². The monoisotopic (exact) mass is 156 g/mol. The van der Waals surface area contributed by atoms with Crippen molar-refractivity contribution < 1.29 is 8.42 Å². The fourth-order valence-electron chi connectivity index (χ4n) is 0.458. The Labute approximate surface area is 59.1 Å². The summed E-state index contributed by atoms with van der Waals surface area (Å²) in [6.45, 7) is 0. The van der Waals surface area contributed by atoms with Crippen molar-refractivity contribution in [2.75, 3.05) is 0 Å². The van der Waals surface area contributed by atoms with Crippen molar-refractivity contribution in [3.05, 3.63) is 24.3 Å². The molecule has 0 atom stereocenters. The summed E-state index contributed by atoms with van der Waals surface area (Å²) in [5, 5.41) is 0.944. The molecule has 0 unspecified atom stereocenters. The maximum atomic E-state index is 10.0. The lowest BCUT2D eigenvalue weighted by molar-refractivity contribution is 0.627. The molecule has 0 amide bonds. The topological polar surface area (TPSA) is 59.9 Å². The Morgan fingerprint density at radius 2 is 1.90 bits per heavy atom. The fourth-order valence-corrected chi connectivity index (χ4v) is 0.751. The average Bonchev–Trinajstić information content (AvgIpc) is 1.88. The lowest BCUT2D eigenvalue weighted by atomic mass is 10.6. The SMILES string of the molecule is O=S(=O)=Cc1ncccn1. The zero-order valence-electron chi connectivity index (χ0n) is 4.93. The van der Waals surface area contributed by atoms with Crippen molar-refractivity contribution in [3.63, 3.8) is 0 Å². The first-order valence-corrected chi connectivity index (χ1v) is 3.63. The van der Waals surface area contributed by atoms with Crippen LogP contribution in [0, 0.1) is 0 Å². The van der Waals surface area contributed by atoms with Crippen LogP contribution in [0.4, 0.5) is 0 Å². The van der Waals surface area contributed by atoms with Crippen LogP contribution >= 0.6 is 0 Å². The Kier molecular flexibility index (Phi) is 2.11. The summed E-state index contributed by atoms with van der Waals surface area (Å²) >= 11 is 0. The summed E-state index contributed by atoms with van der Waals surface area (Å²) in [5.41, 5.74) is 0. The van der Waals surface area contributed by atoms with Gasteiger partial charge in [0.1, 0.15) is 5.37 Å². The molecule has 0 fully saturated rings. The number of nitrogens with zero attached hydrogens (tertiary/aromatic N) is 2. The molecule has 52 valence electrons. The minimum absolute atomic E-state index is 0.204. The van der Waals surface area contributed by atoms with E-state index in [2.05, 4.69) is 9.97 Å². The maximum Gasteiger partial charge on any atom is 0.217 e. The third kappa shape index (κ3) is 1.94. The van der Waals surface area contributed by atoms with Gasteiger partial charge < -0.3 is 0 Å². The molecule has 0 aliphatic carbocycles. The van der Waals surface area contributed by atoms with Crippen molar-refractivity contribution in [2.45, 2.75) is 0 Å². The molecular weight excluding hydrogens is 152 g/mol. The summed E-state index contributed by atoms with van der Waals surface area (Å²) in [4.78, 5) is 7.32. The fraction of sp³-hybridized carbons (Fsp3) is 0. The van der Waals surface area contributed by atoms with E-state index in [0.29, 0.717) is 0 Å². The summed E-state index contributed by atoms with van der Waals surface area (Å²) in [6.07, 6.45) is 2.96. The molecule has 10 heavy (non-hydrogen) atoms. The second-order valence-corrected chi connectivity index (χ2v) is 2.24. The minimum Gasteiger partial charge on any atom is -0.236 e. The van der Waals surface area contributed by atoms with Crippen LogP contribution in [-0.4, -0.2) is 23.8 Å². The molecule has 0 aromatic carbocycles. The molecule has 0 saturated carbocycles. The molecule has 0 spiro atoms. The molecule has 0 radical (unpaired) electrons. The first-order valence-electron chi connectivity index (χ1n) is 2.49. The number of rotatable bonds is 1. The second kappa shape index (κ2) is 3.07. The van der Waals surface area contributed by atoms with Crippen LogP contribution in [-0.2, 0) is 10.3 Å². The number of hydrogen-bond donors (Lipinski definition) is 0. The van der Waals surface area contributed by atoms with Crippen molar-refractivity contribution in [1.29, 1.82) is 0 Å². The van der Waals surface area contributed by atoms with Gasteiger partial charge in [-0.1, -0.05) is 0 Å². The molecule has 0 N–H and O–H groups in total. The van der Waals surface area contributed by atoms with Gasteiger partial charge in [0, 0.05) is 12.4 Å². The van der Waals surface area contributed by atoms with Crippen molar-refractivity contribution in [1.82, 2.24) is 9.97 Å². The summed E-state index contributed by atoms with van der Waals surface area (Å²) < 4.78 is 20.1. The molecule has 0 saturated heterocycles. The molecule has 1 aromatic heterocycles. The third-order valence-corrected chi connectivity index (χ3v) is 1.19. The van der Waals surface area contributed by atoms with Crippen molar-refractivity contribution in [3.8, 4) is 0 Å². The Hall–Kier alpha value is -1.23. The minimum atomic E-state index is -2.22. The van der Waals surface area contributed by atoms with Crippen molar-refractivity contribution >= 4 is 15.7 Å². The van der Waals surface area contributed by atoms with Gasteiger partial charge in [0.2, 0.25) is 10.3 Å².